The summed E-state index contributed by atoms with van der Waals surface area (Å²) >= 11 is 0. The first-order valence-corrected chi connectivity index (χ1v) is 10.6. The summed E-state index contributed by atoms with van der Waals surface area (Å²) in [6.45, 7) is 10.1. The van der Waals surface area contributed by atoms with Gasteiger partial charge in [-0.05, 0) is 35.6 Å². The van der Waals surface area contributed by atoms with Gasteiger partial charge in [0.15, 0.2) is 0 Å². The molecule has 2 aliphatic rings. The molecule has 6 nitrogen and oxygen atoms in total. The van der Waals surface area contributed by atoms with Gasteiger partial charge in [-0.2, -0.15) is 4.31 Å². The number of fused-ring (bicyclic) bond motifs is 1. The number of anilines is 1. The molecule has 0 aliphatic carbocycles. The van der Waals surface area contributed by atoms with Gasteiger partial charge in [-0.15, -0.1) is 0 Å². The number of nitrogens with zero attached hydrogens (tertiary/aromatic N) is 3. The first kappa shape index (κ1) is 19.3. The van der Waals surface area contributed by atoms with Crippen LogP contribution in [0, 0.1) is 5.41 Å². The van der Waals surface area contributed by atoms with Crippen LogP contribution in [0.1, 0.15) is 32.8 Å². The Kier molecular flexibility index (Phi) is 5.16. The first-order chi connectivity index (χ1) is 12.1. The van der Waals surface area contributed by atoms with Gasteiger partial charge in [-0.25, -0.2) is 8.42 Å². The molecule has 2 heterocycles. The highest BCUT2D eigenvalue weighted by Crippen LogP contribution is 2.30. The summed E-state index contributed by atoms with van der Waals surface area (Å²) in [4.78, 5) is 16.1. The van der Waals surface area contributed by atoms with Crippen molar-refractivity contribution in [3.05, 3.63) is 23.8 Å². The molecule has 0 aromatic heterocycles. The van der Waals surface area contributed by atoms with Crippen LogP contribution in [0.25, 0.3) is 0 Å². The summed E-state index contributed by atoms with van der Waals surface area (Å²) in [5, 5.41) is 0. The molecule has 7 heteroatoms. The van der Waals surface area contributed by atoms with Gasteiger partial charge < -0.3 is 9.80 Å². The van der Waals surface area contributed by atoms with Crippen LogP contribution in [0.5, 0.6) is 0 Å². The number of amides is 1. The fourth-order valence-electron chi connectivity index (χ4n) is 3.74. The third-order valence-electron chi connectivity index (χ3n) is 5.06. The SMILES string of the molecule is CN1C(=O)CCc2cc(S(=O)(=O)N3CCN(CC(C)(C)C)CC3)ccc21. The largest absolute Gasteiger partial charge is 0.315 e. The zero-order valence-corrected chi connectivity index (χ0v) is 17.0. The van der Waals surface area contributed by atoms with Gasteiger partial charge in [0.2, 0.25) is 15.9 Å². The molecule has 1 fully saturated rings. The maximum atomic E-state index is 13.0. The molecular weight excluding hydrogens is 350 g/mol. The van der Waals surface area contributed by atoms with Gasteiger partial charge in [0.05, 0.1) is 4.90 Å². The van der Waals surface area contributed by atoms with Gasteiger partial charge in [-0.1, -0.05) is 20.8 Å². The Hall–Kier alpha value is -1.44. The number of aryl methyl sites for hydroxylation is 1. The predicted octanol–water partition coefficient (Wildman–Crippen LogP) is 1.95. The van der Waals surface area contributed by atoms with E-state index >= 15 is 0 Å². The van der Waals surface area contributed by atoms with Crippen LogP contribution in [0.2, 0.25) is 0 Å². The maximum Gasteiger partial charge on any atom is 0.243 e. The van der Waals surface area contributed by atoms with Crippen molar-refractivity contribution in [2.45, 2.75) is 38.5 Å². The third kappa shape index (κ3) is 3.94. The van der Waals surface area contributed by atoms with Gasteiger partial charge in [-0.3, -0.25) is 4.79 Å². The quantitative estimate of drug-likeness (QED) is 0.805. The number of carbonyl (C=O) groups excluding carboxylic acids is 1. The van der Waals surface area contributed by atoms with Gasteiger partial charge >= 0.3 is 0 Å². The molecule has 144 valence electrons. The average molecular weight is 380 g/mol. The second-order valence-corrected chi connectivity index (χ2v) is 10.4. The van der Waals surface area contributed by atoms with E-state index in [4.69, 9.17) is 0 Å². The van der Waals surface area contributed by atoms with Crippen molar-refractivity contribution in [1.29, 1.82) is 0 Å². The van der Waals surface area contributed by atoms with Crippen LogP contribution in [0.15, 0.2) is 23.1 Å². The maximum absolute atomic E-state index is 13.0. The number of hydrogen-bond acceptors (Lipinski definition) is 4. The van der Waals surface area contributed by atoms with Crippen molar-refractivity contribution in [3.8, 4) is 0 Å². The number of carbonyl (C=O) groups is 1. The smallest absolute Gasteiger partial charge is 0.243 e. The topological polar surface area (TPSA) is 60.9 Å². The molecule has 0 N–H and O–H groups in total. The van der Waals surface area contributed by atoms with Gasteiger partial charge in [0.25, 0.3) is 0 Å². The van der Waals surface area contributed by atoms with E-state index < -0.39 is 10.0 Å². The van der Waals surface area contributed by atoms with Gasteiger partial charge in [0.1, 0.15) is 0 Å². The first-order valence-electron chi connectivity index (χ1n) is 9.20. The van der Waals surface area contributed by atoms with Crippen LogP contribution in [-0.4, -0.2) is 63.3 Å². The summed E-state index contributed by atoms with van der Waals surface area (Å²) in [6, 6.07) is 5.13. The summed E-state index contributed by atoms with van der Waals surface area (Å²) in [7, 11) is -1.75. The van der Waals surface area contributed by atoms with Gasteiger partial charge in [0, 0.05) is 51.9 Å². The highest BCUT2D eigenvalue weighted by atomic mass is 32.2. The van der Waals surface area contributed by atoms with Crippen molar-refractivity contribution >= 4 is 21.6 Å². The zero-order valence-electron chi connectivity index (χ0n) is 16.2. The van der Waals surface area contributed by atoms with E-state index in [0.29, 0.717) is 30.8 Å². The van der Waals surface area contributed by atoms with Crippen molar-refractivity contribution < 1.29 is 13.2 Å². The van der Waals surface area contributed by atoms with Crippen molar-refractivity contribution in [2.24, 2.45) is 5.41 Å². The van der Waals surface area contributed by atoms with E-state index in [0.717, 1.165) is 30.9 Å². The number of rotatable bonds is 3. The minimum atomic E-state index is -3.49. The van der Waals surface area contributed by atoms with Crippen molar-refractivity contribution in [1.82, 2.24) is 9.21 Å². The minimum Gasteiger partial charge on any atom is -0.315 e. The van der Waals surface area contributed by atoms with Crippen molar-refractivity contribution in [3.63, 3.8) is 0 Å². The molecule has 1 saturated heterocycles. The highest BCUT2D eigenvalue weighted by Gasteiger charge is 2.31. The van der Waals surface area contributed by atoms with E-state index in [1.54, 1.807) is 34.5 Å². The molecule has 3 rings (SSSR count). The molecule has 2 aliphatic heterocycles. The number of benzene rings is 1. The van der Waals surface area contributed by atoms with Crippen LogP contribution in [0.4, 0.5) is 5.69 Å². The van der Waals surface area contributed by atoms with E-state index in [1.807, 2.05) is 0 Å². The summed E-state index contributed by atoms with van der Waals surface area (Å²) in [6.07, 6.45) is 1.03. The molecule has 0 radical (unpaired) electrons. The Labute approximate surface area is 156 Å². The molecule has 1 aromatic rings. The molecule has 0 unspecified atom stereocenters. The molecule has 1 amide bonds. The monoisotopic (exact) mass is 379 g/mol. The van der Waals surface area contributed by atoms with Crippen LogP contribution < -0.4 is 4.90 Å². The molecule has 1 aromatic carbocycles. The molecule has 0 saturated carbocycles. The Morgan fingerprint density at radius 3 is 2.31 bits per heavy atom. The number of sulfonamides is 1. The summed E-state index contributed by atoms with van der Waals surface area (Å²) < 4.78 is 27.7. The summed E-state index contributed by atoms with van der Waals surface area (Å²) in [5.74, 6) is 0.0723. The second kappa shape index (κ2) is 6.94. The molecular formula is C19H29N3O3S. The Morgan fingerprint density at radius 2 is 1.69 bits per heavy atom. The average Bonchev–Trinajstić information content (AvgIpc) is 2.57. The van der Waals surface area contributed by atoms with Crippen LogP contribution in [0.3, 0.4) is 0 Å². The molecule has 0 atom stereocenters. The lowest BCUT2D eigenvalue weighted by molar-refractivity contribution is -0.118. The zero-order chi connectivity index (χ0) is 19.1. The van der Waals surface area contributed by atoms with E-state index in [-0.39, 0.29) is 11.3 Å². The molecule has 0 bridgehead atoms. The Morgan fingerprint density at radius 1 is 1.04 bits per heavy atom. The Balaban J connectivity index is 1.74. The van der Waals surface area contributed by atoms with Crippen molar-refractivity contribution in [2.75, 3.05) is 44.7 Å². The molecule has 0 spiro atoms. The normalized spacial score (nSPS) is 20.3. The van der Waals surface area contributed by atoms with Crippen LogP contribution >= 0.6 is 0 Å². The minimum absolute atomic E-state index is 0.0723. The standard InChI is InChI=1S/C19H29N3O3S/c1-19(2,3)14-21-9-11-22(12-10-21)26(24,25)16-6-7-17-15(13-16)5-8-18(23)20(17)4/h6-7,13H,5,8-12,14H2,1-4H3. The molecule has 26 heavy (non-hydrogen) atoms. The van der Waals surface area contributed by atoms with Crippen LogP contribution in [-0.2, 0) is 21.2 Å². The van der Waals surface area contributed by atoms with E-state index in [1.165, 1.54) is 0 Å². The lowest BCUT2D eigenvalue weighted by Gasteiger charge is -2.37. The predicted molar refractivity (Wildman–Crippen MR) is 103 cm³/mol. The second-order valence-electron chi connectivity index (χ2n) is 8.48. The highest BCUT2D eigenvalue weighted by molar-refractivity contribution is 7.89. The van der Waals surface area contributed by atoms with E-state index in [9.17, 15) is 13.2 Å². The fourth-order valence-corrected chi connectivity index (χ4v) is 5.21. The van der Waals surface area contributed by atoms with E-state index in [2.05, 4.69) is 25.7 Å². The number of hydrogen-bond donors (Lipinski definition) is 0. The Bertz CT molecular complexity index is 791. The third-order valence-corrected chi connectivity index (χ3v) is 6.96. The lowest BCUT2D eigenvalue weighted by Crippen LogP contribution is -2.50. The fraction of sp³-hybridized carbons (Fsp3) is 0.632. The number of piperazine rings is 1. The summed E-state index contributed by atoms with van der Waals surface area (Å²) in [5.41, 5.74) is 1.96. The lowest BCUT2D eigenvalue weighted by atomic mass is 9.96.